The van der Waals surface area contributed by atoms with Gasteiger partial charge >= 0.3 is 0 Å². The van der Waals surface area contributed by atoms with E-state index in [9.17, 15) is 4.79 Å². The lowest BCUT2D eigenvalue weighted by atomic mass is 9.93. The maximum absolute atomic E-state index is 12.3. The molecule has 4 heteroatoms. The summed E-state index contributed by atoms with van der Waals surface area (Å²) in [6.45, 7) is 7.53. The summed E-state index contributed by atoms with van der Waals surface area (Å²) in [5.74, 6) is 1.38. The lowest BCUT2D eigenvalue weighted by Gasteiger charge is -2.24. The largest absolute Gasteiger partial charge is 0.384 e. The Balaban J connectivity index is 1.46. The number of rotatable bonds is 6. The number of piperidine rings is 1. The van der Waals surface area contributed by atoms with Gasteiger partial charge in [0.15, 0.2) is 0 Å². The molecule has 3 atom stereocenters. The number of ether oxygens (including phenoxy) is 1. The first-order chi connectivity index (χ1) is 10.5. The fourth-order valence-corrected chi connectivity index (χ4v) is 3.57. The highest BCUT2D eigenvalue weighted by Crippen LogP contribution is 2.46. The van der Waals surface area contributed by atoms with Crippen molar-refractivity contribution < 1.29 is 9.53 Å². The van der Waals surface area contributed by atoms with Crippen LogP contribution in [0.1, 0.15) is 19.4 Å². The van der Waals surface area contributed by atoms with Gasteiger partial charge in [-0.25, -0.2) is 0 Å². The lowest BCUT2D eigenvalue weighted by molar-refractivity contribution is -0.132. The number of nitrogens with one attached hydrogen (secondary N) is 1. The Bertz CT molecular complexity index is 517. The van der Waals surface area contributed by atoms with Crippen LogP contribution in [-0.2, 0) is 16.1 Å². The number of hydrogen-bond donors (Lipinski definition) is 1. The van der Waals surface area contributed by atoms with Crippen molar-refractivity contribution in [2.45, 2.75) is 26.4 Å². The Labute approximate surface area is 132 Å². The van der Waals surface area contributed by atoms with E-state index in [1.807, 2.05) is 13.8 Å². The first-order valence-electron chi connectivity index (χ1n) is 8.07. The zero-order valence-electron chi connectivity index (χ0n) is 13.7. The number of methoxy groups -OCH3 is 1. The van der Waals surface area contributed by atoms with Gasteiger partial charge in [0.25, 0.3) is 0 Å². The second-order valence-corrected chi connectivity index (χ2v) is 7.32. The number of likely N-dealkylation sites (tertiary alicyclic amines) is 1. The molecule has 2 aliphatic rings. The monoisotopic (exact) mass is 302 g/mol. The number of carbonyl (C=O) groups is 1. The number of fused-ring (bicyclic) bond motifs is 1. The Kier molecular flexibility index (Phi) is 4.24. The van der Waals surface area contributed by atoms with Gasteiger partial charge in [-0.05, 0) is 31.2 Å². The topological polar surface area (TPSA) is 41.6 Å². The number of amides is 1. The molecule has 4 nitrogen and oxygen atoms in total. The first-order valence-corrected chi connectivity index (χ1v) is 8.07. The molecular weight excluding hydrogens is 276 g/mol. The first kappa shape index (κ1) is 15.5. The summed E-state index contributed by atoms with van der Waals surface area (Å²) in [6, 6.07) is 11.0. The minimum atomic E-state index is -0.449. The summed E-state index contributed by atoms with van der Waals surface area (Å²) < 4.78 is 5.14. The van der Waals surface area contributed by atoms with Crippen molar-refractivity contribution in [1.82, 2.24) is 10.2 Å². The number of hydrogen-bond acceptors (Lipinski definition) is 3. The summed E-state index contributed by atoms with van der Waals surface area (Å²) in [5.41, 5.74) is 0.917. The van der Waals surface area contributed by atoms with Crippen molar-refractivity contribution in [1.29, 1.82) is 0 Å². The molecule has 0 spiro atoms. The van der Waals surface area contributed by atoms with E-state index in [1.165, 1.54) is 5.56 Å². The van der Waals surface area contributed by atoms with Gasteiger partial charge in [-0.15, -0.1) is 0 Å². The molecule has 3 rings (SSSR count). The number of nitrogens with zero attached hydrogens (tertiary/aromatic N) is 1. The Morgan fingerprint density at radius 2 is 1.91 bits per heavy atom. The van der Waals surface area contributed by atoms with E-state index in [1.54, 1.807) is 7.11 Å². The predicted octanol–water partition coefficient (Wildman–Crippen LogP) is 1.91. The smallest absolute Gasteiger partial charge is 0.228 e. The van der Waals surface area contributed by atoms with Crippen LogP contribution in [-0.4, -0.2) is 43.7 Å². The molecule has 1 aliphatic carbocycles. The lowest BCUT2D eigenvalue weighted by Crippen LogP contribution is -2.43. The number of benzene rings is 1. The fourth-order valence-electron chi connectivity index (χ4n) is 3.57. The predicted molar refractivity (Wildman–Crippen MR) is 86.3 cm³/mol. The van der Waals surface area contributed by atoms with Gasteiger partial charge in [-0.1, -0.05) is 30.3 Å². The molecule has 1 saturated carbocycles. The van der Waals surface area contributed by atoms with E-state index in [4.69, 9.17) is 4.74 Å². The zero-order valence-corrected chi connectivity index (χ0v) is 13.7. The Morgan fingerprint density at radius 1 is 1.27 bits per heavy atom. The quantitative estimate of drug-likeness (QED) is 0.873. The standard InChI is InChI=1S/C18H26N2O2/c1-18(2,12-22-3)17(21)19-16-14-10-20(11-15(14)16)9-13-7-5-4-6-8-13/h4-8,14-16H,9-12H2,1-3H3,(H,19,21)/t14-,15+,16?. The third-order valence-corrected chi connectivity index (χ3v) is 4.94. The SMILES string of the molecule is COCC(C)(C)C(=O)NC1[C@H]2CN(Cc3ccccc3)C[C@@H]12. The number of carbonyl (C=O) groups excluding carboxylic acids is 1. The normalized spacial score (nSPS) is 27.5. The van der Waals surface area contributed by atoms with Crippen LogP contribution >= 0.6 is 0 Å². The van der Waals surface area contributed by atoms with E-state index < -0.39 is 5.41 Å². The van der Waals surface area contributed by atoms with E-state index in [2.05, 4.69) is 40.5 Å². The van der Waals surface area contributed by atoms with E-state index in [-0.39, 0.29) is 5.91 Å². The van der Waals surface area contributed by atoms with E-state index in [0.29, 0.717) is 24.5 Å². The molecule has 1 aromatic rings. The molecule has 1 amide bonds. The molecule has 1 saturated heterocycles. The van der Waals surface area contributed by atoms with Crippen LogP contribution in [0.15, 0.2) is 30.3 Å². The molecule has 0 bridgehead atoms. The van der Waals surface area contributed by atoms with E-state index >= 15 is 0 Å². The molecule has 1 N–H and O–H groups in total. The van der Waals surface area contributed by atoms with Crippen molar-refractivity contribution in [3.63, 3.8) is 0 Å². The van der Waals surface area contributed by atoms with Crippen molar-refractivity contribution >= 4 is 5.91 Å². The molecule has 1 aliphatic heterocycles. The summed E-state index contributed by atoms with van der Waals surface area (Å²) in [4.78, 5) is 14.8. The maximum Gasteiger partial charge on any atom is 0.228 e. The molecule has 0 radical (unpaired) electrons. The summed E-state index contributed by atoms with van der Waals surface area (Å²) >= 11 is 0. The van der Waals surface area contributed by atoms with Gasteiger partial charge in [0.05, 0.1) is 12.0 Å². The summed E-state index contributed by atoms with van der Waals surface area (Å²) in [7, 11) is 1.64. The van der Waals surface area contributed by atoms with Gasteiger partial charge in [-0.3, -0.25) is 9.69 Å². The van der Waals surface area contributed by atoms with Crippen LogP contribution in [0.3, 0.4) is 0 Å². The molecule has 120 valence electrons. The van der Waals surface area contributed by atoms with Crippen molar-refractivity contribution in [2.24, 2.45) is 17.3 Å². The highest BCUT2D eigenvalue weighted by molar-refractivity contribution is 5.82. The fraction of sp³-hybridized carbons (Fsp3) is 0.611. The molecule has 1 heterocycles. The zero-order chi connectivity index (χ0) is 15.7. The minimum absolute atomic E-state index is 0.114. The molecule has 2 fully saturated rings. The van der Waals surface area contributed by atoms with Crippen molar-refractivity contribution in [2.75, 3.05) is 26.8 Å². The molecule has 0 aromatic heterocycles. The van der Waals surface area contributed by atoms with Crippen LogP contribution in [0.5, 0.6) is 0 Å². The Hall–Kier alpha value is -1.39. The molecular formula is C18H26N2O2. The minimum Gasteiger partial charge on any atom is -0.384 e. The van der Waals surface area contributed by atoms with Gasteiger partial charge in [0.2, 0.25) is 5.91 Å². The van der Waals surface area contributed by atoms with Gasteiger partial charge < -0.3 is 10.1 Å². The average molecular weight is 302 g/mol. The summed E-state index contributed by atoms with van der Waals surface area (Å²) in [5, 5.41) is 3.22. The second-order valence-electron chi connectivity index (χ2n) is 7.32. The molecule has 1 unspecified atom stereocenters. The van der Waals surface area contributed by atoms with Gasteiger partial charge in [0.1, 0.15) is 0 Å². The average Bonchev–Trinajstić information content (AvgIpc) is 2.93. The van der Waals surface area contributed by atoms with Crippen LogP contribution in [0.2, 0.25) is 0 Å². The van der Waals surface area contributed by atoms with Gasteiger partial charge in [-0.2, -0.15) is 0 Å². The highest BCUT2D eigenvalue weighted by Gasteiger charge is 2.56. The maximum atomic E-state index is 12.3. The second kappa shape index (κ2) is 6.01. The highest BCUT2D eigenvalue weighted by atomic mass is 16.5. The van der Waals surface area contributed by atoms with Crippen molar-refractivity contribution in [3.05, 3.63) is 35.9 Å². The van der Waals surface area contributed by atoms with Crippen molar-refractivity contribution in [3.8, 4) is 0 Å². The molecule has 22 heavy (non-hydrogen) atoms. The summed E-state index contributed by atoms with van der Waals surface area (Å²) in [6.07, 6.45) is 0. The molecule has 1 aromatic carbocycles. The Morgan fingerprint density at radius 3 is 2.50 bits per heavy atom. The van der Waals surface area contributed by atoms with Gasteiger partial charge in [0, 0.05) is 32.8 Å². The third-order valence-electron chi connectivity index (χ3n) is 4.94. The third kappa shape index (κ3) is 3.18. The van der Waals surface area contributed by atoms with Crippen LogP contribution in [0.4, 0.5) is 0 Å². The van der Waals surface area contributed by atoms with Crippen LogP contribution < -0.4 is 5.32 Å². The van der Waals surface area contributed by atoms with Crippen LogP contribution in [0, 0.1) is 17.3 Å². The van der Waals surface area contributed by atoms with Crippen LogP contribution in [0.25, 0.3) is 0 Å². The van der Waals surface area contributed by atoms with E-state index in [0.717, 1.165) is 19.6 Å².